The highest BCUT2D eigenvalue weighted by atomic mass is 32.1. The van der Waals surface area contributed by atoms with E-state index >= 15 is 0 Å². The van der Waals surface area contributed by atoms with Gasteiger partial charge in [-0.25, -0.2) is 14.6 Å². The quantitative estimate of drug-likeness (QED) is 0.284. The van der Waals surface area contributed by atoms with Crippen molar-refractivity contribution in [2.45, 2.75) is 0 Å². The van der Waals surface area contributed by atoms with Crippen molar-refractivity contribution in [3.63, 3.8) is 0 Å². The molecule has 174 valence electrons. The van der Waals surface area contributed by atoms with Crippen LogP contribution in [-0.4, -0.2) is 34.2 Å². The number of hydrogen-bond acceptors (Lipinski definition) is 5. The van der Waals surface area contributed by atoms with Crippen LogP contribution in [0.2, 0.25) is 0 Å². The minimum Gasteiger partial charge on any atom is -0.497 e. The molecule has 0 aliphatic rings. The van der Waals surface area contributed by atoms with E-state index in [0.29, 0.717) is 0 Å². The maximum Gasteiger partial charge on any atom is 0.328 e. The lowest BCUT2D eigenvalue weighted by molar-refractivity contribution is -0.132. The minimum absolute atomic E-state index is 0.765. The molecule has 35 heavy (non-hydrogen) atoms. The first-order valence-corrected chi connectivity index (χ1v) is 11.4. The van der Waals surface area contributed by atoms with Crippen LogP contribution in [0.1, 0.15) is 11.1 Å². The SMILES string of the molecule is COc1ccc(-c2nc(-c3ccc(/C=C/C(=O)O)cc3)c(-c3ccc(/C=C/C(=O)O)cc3)s2)cc1. The van der Waals surface area contributed by atoms with Gasteiger partial charge in [-0.05, 0) is 53.1 Å². The molecule has 0 amide bonds. The summed E-state index contributed by atoms with van der Waals surface area (Å²) in [5, 5.41) is 18.6. The zero-order valence-electron chi connectivity index (χ0n) is 18.7. The third-order valence-electron chi connectivity index (χ3n) is 5.16. The Bertz CT molecular complexity index is 1310. The molecule has 0 spiro atoms. The van der Waals surface area contributed by atoms with Gasteiger partial charge in [0, 0.05) is 23.3 Å². The number of carboxylic acids is 2. The fraction of sp³-hybridized carbons (Fsp3) is 0.0357. The number of rotatable bonds is 8. The molecule has 0 bridgehead atoms. The highest BCUT2D eigenvalue weighted by Gasteiger charge is 2.16. The lowest BCUT2D eigenvalue weighted by Gasteiger charge is -2.04. The Labute approximate surface area is 206 Å². The highest BCUT2D eigenvalue weighted by Crippen LogP contribution is 2.41. The van der Waals surface area contributed by atoms with Crippen LogP contribution in [0, 0.1) is 0 Å². The topological polar surface area (TPSA) is 96.7 Å². The van der Waals surface area contributed by atoms with Crippen LogP contribution in [0.4, 0.5) is 0 Å². The van der Waals surface area contributed by atoms with E-state index in [2.05, 4.69) is 0 Å². The summed E-state index contributed by atoms with van der Waals surface area (Å²) in [7, 11) is 1.62. The number of carbonyl (C=O) groups is 2. The Kier molecular flexibility index (Phi) is 7.18. The molecule has 0 aliphatic carbocycles. The first-order valence-electron chi connectivity index (χ1n) is 10.6. The summed E-state index contributed by atoms with van der Waals surface area (Å²) in [6, 6.07) is 22.9. The smallest absolute Gasteiger partial charge is 0.328 e. The Balaban J connectivity index is 1.76. The van der Waals surface area contributed by atoms with Gasteiger partial charge in [-0.15, -0.1) is 11.3 Å². The number of thiazole rings is 1. The molecular formula is C28H21NO5S. The van der Waals surface area contributed by atoms with Gasteiger partial charge in [0.15, 0.2) is 0 Å². The predicted molar refractivity (Wildman–Crippen MR) is 138 cm³/mol. The van der Waals surface area contributed by atoms with Crippen LogP contribution < -0.4 is 4.74 Å². The Hall–Kier alpha value is -4.49. The maximum absolute atomic E-state index is 10.8. The van der Waals surface area contributed by atoms with E-state index in [1.807, 2.05) is 72.8 Å². The number of aliphatic carboxylic acids is 2. The average Bonchev–Trinajstić information content (AvgIpc) is 3.32. The Morgan fingerprint density at radius 3 is 1.71 bits per heavy atom. The van der Waals surface area contributed by atoms with Crippen molar-refractivity contribution in [3.8, 4) is 38.0 Å². The molecule has 0 saturated carbocycles. The molecule has 0 aliphatic heterocycles. The molecule has 0 saturated heterocycles. The summed E-state index contributed by atoms with van der Waals surface area (Å²) in [5.41, 5.74) is 5.19. The van der Waals surface area contributed by atoms with E-state index in [-0.39, 0.29) is 0 Å². The third kappa shape index (κ3) is 5.90. The average molecular weight is 484 g/mol. The van der Waals surface area contributed by atoms with Crippen molar-refractivity contribution in [1.82, 2.24) is 4.98 Å². The number of methoxy groups -OCH3 is 1. The molecule has 4 aromatic rings. The summed E-state index contributed by atoms with van der Waals surface area (Å²) in [5.74, 6) is -1.23. The normalized spacial score (nSPS) is 11.2. The van der Waals surface area contributed by atoms with Crippen LogP contribution >= 0.6 is 11.3 Å². The summed E-state index contributed by atoms with van der Waals surface area (Å²) in [6.07, 6.45) is 5.30. The van der Waals surface area contributed by atoms with E-state index in [1.165, 1.54) is 0 Å². The number of aromatic nitrogens is 1. The standard InChI is InChI=1S/C28H21NO5S/c1-34-23-14-12-22(13-15-23)28-29-26(20-8-2-18(3-9-20)6-16-24(30)31)27(35-28)21-10-4-19(5-11-21)7-17-25(32)33/h2-17H,1H3,(H,30,31)(H,32,33)/b16-6+,17-7+. The molecule has 0 unspecified atom stereocenters. The number of hydrogen-bond donors (Lipinski definition) is 2. The number of ether oxygens (including phenoxy) is 1. The first kappa shape index (κ1) is 23.7. The van der Waals surface area contributed by atoms with E-state index in [0.717, 1.165) is 61.3 Å². The molecule has 1 heterocycles. The van der Waals surface area contributed by atoms with Crippen LogP contribution in [0.3, 0.4) is 0 Å². The Morgan fingerprint density at radius 1 is 0.743 bits per heavy atom. The van der Waals surface area contributed by atoms with Crippen molar-refractivity contribution < 1.29 is 24.5 Å². The van der Waals surface area contributed by atoms with Gasteiger partial charge in [0.05, 0.1) is 17.7 Å². The Morgan fingerprint density at radius 2 is 1.23 bits per heavy atom. The second-order valence-electron chi connectivity index (χ2n) is 7.51. The van der Waals surface area contributed by atoms with Crippen LogP contribution in [0.15, 0.2) is 84.9 Å². The second kappa shape index (κ2) is 10.6. The lowest BCUT2D eigenvalue weighted by atomic mass is 10.0. The van der Waals surface area contributed by atoms with Gasteiger partial charge < -0.3 is 14.9 Å². The molecule has 4 rings (SSSR count). The lowest BCUT2D eigenvalue weighted by Crippen LogP contribution is -1.87. The molecule has 2 N–H and O–H groups in total. The number of nitrogens with zero attached hydrogens (tertiary/aromatic N) is 1. The van der Waals surface area contributed by atoms with Crippen molar-refractivity contribution in [3.05, 3.63) is 96.1 Å². The largest absolute Gasteiger partial charge is 0.497 e. The van der Waals surface area contributed by atoms with E-state index in [1.54, 1.807) is 30.6 Å². The third-order valence-corrected chi connectivity index (χ3v) is 6.31. The molecule has 1 aromatic heterocycles. The van der Waals surface area contributed by atoms with Crippen LogP contribution in [0.5, 0.6) is 5.75 Å². The predicted octanol–water partition coefficient (Wildman–Crippen LogP) is 6.35. The molecule has 0 radical (unpaired) electrons. The summed E-state index contributed by atoms with van der Waals surface area (Å²) < 4.78 is 5.26. The maximum atomic E-state index is 10.8. The number of benzene rings is 3. The van der Waals surface area contributed by atoms with E-state index < -0.39 is 11.9 Å². The van der Waals surface area contributed by atoms with Crippen molar-refractivity contribution >= 4 is 35.4 Å². The van der Waals surface area contributed by atoms with E-state index in [4.69, 9.17) is 19.9 Å². The van der Waals surface area contributed by atoms with Gasteiger partial charge in [-0.1, -0.05) is 48.5 Å². The monoisotopic (exact) mass is 483 g/mol. The highest BCUT2D eigenvalue weighted by molar-refractivity contribution is 7.19. The fourth-order valence-corrected chi connectivity index (χ4v) is 4.50. The molecule has 6 nitrogen and oxygen atoms in total. The van der Waals surface area contributed by atoms with Gasteiger partial charge >= 0.3 is 11.9 Å². The van der Waals surface area contributed by atoms with Gasteiger partial charge in [0.25, 0.3) is 0 Å². The summed E-state index contributed by atoms with van der Waals surface area (Å²) in [6.45, 7) is 0. The van der Waals surface area contributed by atoms with Crippen LogP contribution in [-0.2, 0) is 9.59 Å². The van der Waals surface area contributed by atoms with Crippen molar-refractivity contribution in [1.29, 1.82) is 0 Å². The first-order chi connectivity index (χ1) is 16.9. The summed E-state index contributed by atoms with van der Waals surface area (Å²) in [4.78, 5) is 27.5. The van der Waals surface area contributed by atoms with E-state index in [9.17, 15) is 9.59 Å². The number of carboxylic acid groups (broad SMARTS) is 2. The zero-order chi connectivity index (χ0) is 24.8. The molecule has 0 fully saturated rings. The second-order valence-corrected chi connectivity index (χ2v) is 8.51. The van der Waals surface area contributed by atoms with Gasteiger partial charge in [-0.2, -0.15) is 0 Å². The van der Waals surface area contributed by atoms with Gasteiger partial charge in [-0.3, -0.25) is 0 Å². The van der Waals surface area contributed by atoms with Gasteiger partial charge in [0.2, 0.25) is 0 Å². The fourth-order valence-electron chi connectivity index (χ4n) is 3.40. The van der Waals surface area contributed by atoms with Gasteiger partial charge in [0.1, 0.15) is 10.8 Å². The molecular weight excluding hydrogens is 462 g/mol. The molecule has 0 atom stereocenters. The van der Waals surface area contributed by atoms with Crippen molar-refractivity contribution in [2.24, 2.45) is 0 Å². The molecule has 7 heteroatoms. The molecule has 3 aromatic carbocycles. The van der Waals surface area contributed by atoms with Crippen molar-refractivity contribution in [2.75, 3.05) is 7.11 Å². The zero-order valence-corrected chi connectivity index (χ0v) is 19.5. The summed E-state index contributed by atoms with van der Waals surface area (Å²) >= 11 is 1.56. The minimum atomic E-state index is -0.998. The van der Waals surface area contributed by atoms with Crippen LogP contribution in [0.25, 0.3) is 44.4 Å².